The van der Waals surface area contributed by atoms with Crippen LogP contribution in [0.4, 0.5) is 10.3 Å². The summed E-state index contributed by atoms with van der Waals surface area (Å²) in [7, 11) is 0. The Labute approximate surface area is 117 Å². The van der Waals surface area contributed by atoms with Gasteiger partial charge in [0.05, 0.1) is 12.9 Å². The highest BCUT2D eigenvalue weighted by atomic mass is 19.1. The standard InChI is InChI=1S/C11H14FN5O4/c1-11(12)6(19)4(2-18)21-9(11)17-3-14-5-7(17)15-10(13)16-8(5)20/h3-4,6,9,18-19H,2H2,1H3,(H3,13,15,16,20)/t4-,6-,9-,11?/m1/s1. The number of fused-ring (bicyclic) bond motifs is 1. The minimum atomic E-state index is -2.19. The molecule has 0 saturated carbocycles. The molecule has 10 heteroatoms. The zero-order valence-electron chi connectivity index (χ0n) is 11.0. The van der Waals surface area contributed by atoms with Gasteiger partial charge in [-0.05, 0) is 6.92 Å². The van der Waals surface area contributed by atoms with Crippen LogP contribution in [0, 0.1) is 0 Å². The van der Waals surface area contributed by atoms with Crippen LogP contribution in [0.25, 0.3) is 11.2 Å². The fourth-order valence-corrected chi connectivity index (χ4v) is 2.48. The van der Waals surface area contributed by atoms with Crippen LogP contribution in [0.5, 0.6) is 0 Å². The van der Waals surface area contributed by atoms with Crippen molar-refractivity contribution in [2.75, 3.05) is 12.3 Å². The molecule has 21 heavy (non-hydrogen) atoms. The van der Waals surface area contributed by atoms with Crippen molar-refractivity contribution < 1.29 is 19.3 Å². The van der Waals surface area contributed by atoms with Gasteiger partial charge in [0.25, 0.3) is 5.56 Å². The number of aliphatic hydroxyl groups is 2. The van der Waals surface area contributed by atoms with Crippen LogP contribution in [-0.2, 0) is 4.74 Å². The van der Waals surface area contributed by atoms with Crippen molar-refractivity contribution >= 4 is 17.1 Å². The molecule has 5 N–H and O–H groups in total. The Hall–Kier alpha value is -2.04. The maximum atomic E-state index is 14.7. The number of alkyl halides is 1. The largest absolute Gasteiger partial charge is 0.394 e. The maximum absolute atomic E-state index is 14.7. The number of rotatable bonds is 2. The van der Waals surface area contributed by atoms with E-state index in [2.05, 4.69) is 15.0 Å². The molecule has 0 aliphatic carbocycles. The number of hydrogen-bond donors (Lipinski definition) is 4. The first-order valence-corrected chi connectivity index (χ1v) is 6.22. The fraction of sp³-hybridized carbons (Fsp3) is 0.545. The summed E-state index contributed by atoms with van der Waals surface area (Å²) in [6, 6.07) is 0. The van der Waals surface area contributed by atoms with Gasteiger partial charge in [0.1, 0.15) is 12.2 Å². The van der Waals surface area contributed by atoms with Crippen molar-refractivity contribution in [3.63, 3.8) is 0 Å². The molecule has 114 valence electrons. The minimum absolute atomic E-state index is 0.0226. The van der Waals surface area contributed by atoms with E-state index in [-0.39, 0.29) is 17.1 Å². The van der Waals surface area contributed by atoms with Gasteiger partial charge in [-0.25, -0.2) is 9.37 Å². The van der Waals surface area contributed by atoms with Crippen LogP contribution in [-0.4, -0.2) is 54.2 Å². The number of anilines is 1. The minimum Gasteiger partial charge on any atom is -0.394 e. The molecule has 1 saturated heterocycles. The Bertz CT molecular complexity index is 742. The van der Waals surface area contributed by atoms with E-state index in [0.717, 1.165) is 6.92 Å². The van der Waals surface area contributed by atoms with Gasteiger partial charge in [-0.1, -0.05) is 0 Å². The number of aliphatic hydroxyl groups excluding tert-OH is 2. The Kier molecular flexibility index (Phi) is 2.97. The number of nitrogen functional groups attached to an aromatic ring is 1. The van der Waals surface area contributed by atoms with E-state index >= 15 is 0 Å². The molecule has 0 amide bonds. The van der Waals surface area contributed by atoms with Crippen molar-refractivity contribution in [3.05, 3.63) is 16.7 Å². The molecule has 0 aromatic carbocycles. The molecule has 1 unspecified atom stereocenters. The lowest BCUT2D eigenvalue weighted by Crippen LogP contribution is -2.40. The number of aromatic nitrogens is 4. The van der Waals surface area contributed by atoms with Gasteiger partial charge in [-0.2, -0.15) is 4.98 Å². The smallest absolute Gasteiger partial charge is 0.280 e. The van der Waals surface area contributed by atoms with Crippen molar-refractivity contribution in [1.82, 2.24) is 19.5 Å². The molecule has 3 rings (SSSR count). The molecule has 1 aliphatic rings. The summed E-state index contributed by atoms with van der Waals surface area (Å²) in [5, 5.41) is 19.0. The van der Waals surface area contributed by atoms with Gasteiger partial charge in [0, 0.05) is 0 Å². The number of nitrogens with one attached hydrogen (secondary N) is 1. The second-order valence-corrected chi connectivity index (χ2v) is 5.08. The lowest BCUT2D eigenvalue weighted by molar-refractivity contribution is -0.0566. The third-order valence-corrected chi connectivity index (χ3v) is 3.60. The van der Waals surface area contributed by atoms with Gasteiger partial charge in [-0.3, -0.25) is 14.3 Å². The number of aromatic amines is 1. The van der Waals surface area contributed by atoms with E-state index in [4.69, 9.17) is 15.6 Å². The van der Waals surface area contributed by atoms with E-state index in [9.17, 15) is 14.3 Å². The number of nitrogens with two attached hydrogens (primary N) is 1. The topological polar surface area (TPSA) is 139 Å². The number of H-pyrrole nitrogens is 1. The molecule has 0 radical (unpaired) electrons. The number of hydrogen-bond acceptors (Lipinski definition) is 7. The zero-order valence-corrected chi connectivity index (χ0v) is 11.0. The van der Waals surface area contributed by atoms with Crippen molar-refractivity contribution in [3.8, 4) is 0 Å². The van der Waals surface area contributed by atoms with Crippen LogP contribution >= 0.6 is 0 Å². The van der Waals surface area contributed by atoms with Gasteiger partial charge in [-0.15, -0.1) is 0 Å². The summed E-state index contributed by atoms with van der Waals surface area (Å²) in [6.07, 6.45) is -2.71. The molecule has 2 aromatic heterocycles. The zero-order chi connectivity index (χ0) is 15.4. The third kappa shape index (κ3) is 1.91. The second kappa shape index (κ2) is 4.48. The highest BCUT2D eigenvalue weighted by molar-refractivity contribution is 5.70. The summed E-state index contributed by atoms with van der Waals surface area (Å²) in [6.45, 7) is 0.598. The molecule has 4 atom stereocenters. The highest BCUT2D eigenvalue weighted by Gasteiger charge is 2.55. The number of ether oxygens (including phenoxy) is 1. The molecule has 3 heterocycles. The molecular weight excluding hydrogens is 285 g/mol. The Morgan fingerprint density at radius 1 is 1.67 bits per heavy atom. The van der Waals surface area contributed by atoms with Gasteiger partial charge in [0.15, 0.2) is 23.1 Å². The van der Waals surface area contributed by atoms with Crippen LogP contribution in [0.1, 0.15) is 13.2 Å². The first-order chi connectivity index (χ1) is 9.86. The highest BCUT2D eigenvalue weighted by Crippen LogP contribution is 2.41. The predicted octanol–water partition coefficient (Wildman–Crippen LogP) is -1.32. The summed E-state index contributed by atoms with van der Waals surface area (Å²) in [4.78, 5) is 21.7. The van der Waals surface area contributed by atoms with E-state index < -0.39 is 36.3 Å². The van der Waals surface area contributed by atoms with Crippen LogP contribution in [0.3, 0.4) is 0 Å². The average molecular weight is 299 g/mol. The lowest BCUT2D eigenvalue weighted by Gasteiger charge is -2.24. The Morgan fingerprint density at radius 2 is 2.38 bits per heavy atom. The molecule has 2 aromatic rings. The van der Waals surface area contributed by atoms with Crippen LogP contribution < -0.4 is 11.3 Å². The number of nitrogens with zero attached hydrogens (tertiary/aromatic N) is 3. The first-order valence-electron chi connectivity index (χ1n) is 6.22. The summed E-state index contributed by atoms with van der Waals surface area (Å²) < 4.78 is 21.2. The van der Waals surface area contributed by atoms with Gasteiger partial charge < -0.3 is 20.7 Å². The first kappa shape index (κ1) is 13.9. The van der Waals surface area contributed by atoms with Crippen LogP contribution in [0.2, 0.25) is 0 Å². The average Bonchev–Trinajstić information content (AvgIpc) is 2.91. The van der Waals surface area contributed by atoms with E-state index in [1.807, 2.05) is 0 Å². The second-order valence-electron chi connectivity index (χ2n) is 5.08. The van der Waals surface area contributed by atoms with E-state index in [1.54, 1.807) is 0 Å². The Morgan fingerprint density at radius 3 is 3.00 bits per heavy atom. The van der Waals surface area contributed by atoms with E-state index in [0.29, 0.717) is 0 Å². The molecule has 0 bridgehead atoms. The summed E-state index contributed by atoms with van der Waals surface area (Å²) in [5.41, 5.74) is 2.73. The van der Waals surface area contributed by atoms with Gasteiger partial charge >= 0.3 is 0 Å². The van der Waals surface area contributed by atoms with Crippen LogP contribution in [0.15, 0.2) is 11.1 Å². The SMILES string of the molecule is CC1(F)[C@H](O)[C@@H](CO)O[C@H]1n1cnc2c(=O)[nH]c(N)nc21. The van der Waals surface area contributed by atoms with E-state index in [1.165, 1.54) is 10.9 Å². The summed E-state index contributed by atoms with van der Waals surface area (Å²) >= 11 is 0. The van der Waals surface area contributed by atoms with Crippen molar-refractivity contribution in [2.45, 2.75) is 31.0 Å². The fourth-order valence-electron chi connectivity index (χ4n) is 2.48. The molecular formula is C11H14FN5O4. The quantitative estimate of drug-likeness (QED) is 0.539. The lowest BCUT2D eigenvalue weighted by atomic mass is 9.99. The third-order valence-electron chi connectivity index (χ3n) is 3.60. The van der Waals surface area contributed by atoms with Crippen molar-refractivity contribution in [1.29, 1.82) is 0 Å². The maximum Gasteiger partial charge on any atom is 0.280 e. The number of halogens is 1. The normalized spacial score (nSPS) is 32.9. The number of imidazole rings is 1. The molecule has 9 nitrogen and oxygen atoms in total. The van der Waals surface area contributed by atoms with Gasteiger partial charge in [0.2, 0.25) is 5.95 Å². The summed E-state index contributed by atoms with van der Waals surface area (Å²) in [5.74, 6) is -0.146. The molecule has 1 aliphatic heterocycles. The predicted molar refractivity (Wildman–Crippen MR) is 69.1 cm³/mol. The Balaban J connectivity index is 2.15. The van der Waals surface area contributed by atoms with Crippen molar-refractivity contribution in [2.24, 2.45) is 0 Å². The molecule has 1 fully saturated rings. The monoisotopic (exact) mass is 299 g/mol. The molecule has 0 spiro atoms.